The molecule has 33 heavy (non-hydrogen) atoms. The van der Waals surface area contributed by atoms with Crippen LogP contribution in [-0.2, 0) is 20.9 Å². The summed E-state index contributed by atoms with van der Waals surface area (Å²) in [6.07, 6.45) is 3.08. The van der Waals surface area contributed by atoms with Crippen LogP contribution in [-0.4, -0.2) is 56.5 Å². The lowest BCUT2D eigenvalue weighted by atomic mass is 9.94. The predicted octanol–water partition coefficient (Wildman–Crippen LogP) is 0.987. The van der Waals surface area contributed by atoms with Crippen molar-refractivity contribution in [3.8, 4) is 5.69 Å². The zero-order valence-corrected chi connectivity index (χ0v) is 17.8. The molecule has 1 aromatic carbocycles. The van der Waals surface area contributed by atoms with Gasteiger partial charge in [-0.25, -0.2) is 9.07 Å². The van der Waals surface area contributed by atoms with E-state index in [-0.39, 0.29) is 30.9 Å². The first-order valence-electron chi connectivity index (χ1n) is 10.2. The van der Waals surface area contributed by atoms with Crippen molar-refractivity contribution in [2.24, 2.45) is 5.73 Å². The average molecular weight is 454 g/mol. The normalized spacial score (nSPS) is 19.4. The van der Waals surface area contributed by atoms with Gasteiger partial charge in [-0.05, 0) is 31.2 Å². The van der Waals surface area contributed by atoms with E-state index in [2.05, 4.69) is 15.4 Å². The fourth-order valence-electron chi connectivity index (χ4n) is 3.54. The maximum atomic E-state index is 14.0. The van der Waals surface area contributed by atoms with Gasteiger partial charge in [0.2, 0.25) is 0 Å². The number of aromatic nitrogens is 3. The summed E-state index contributed by atoms with van der Waals surface area (Å²) in [4.78, 5) is 31.3. The zero-order valence-electron chi connectivity index (χ0n) is 17.8. The van der Waals surface area contributed by atoms with Crippen LogP contribution >= 0.6 is 0 Å². The smallest absolute Gasteiger partial charge is 0.263 e. The van der Waals surface area contributed by atoms with Crippen LogP contribution < -0.4 is 16.0 Å². The minimum atomic E-state index is -1.86. The van der Waals surface area contributed by atoms with Crippen LogP contribution in [0.5, 0.6) is 0 Å². The minimum Gasteiger partial charge on any atom is -0.380 e. The lowest BCUT2D eigenvalue weighted by Crippen LogP contribution is -2.63. The zero-order chi connectivity index (χ0) is 23.6. The first-order valence-corrected chi connectivity index (χ1v) is 10.2. The molecule has 172 valence electrons. The number of hydrogen-bond acceptors (Lipinski definition) is 7. The Balaban J connectivity index is 1.51. The van der Waals surface area contributed by atoms with Gasteiger partial charge in [0.05, 0.1) is 18.8 Å². The number of hydrogen-bond donors (Lipinski definition) is 3. The van der Waals surface area contributed by atoms with Crippen molar-refractivity contribution in [3.63, 3.8) is 0 Å². The summed E-state index contributed by atoms with van der Waals surface area (Å²) < 4.78 is 21.1. The van der Waals surface area contributed by atoms with E-state index in [1.807, 2.05) is 0 Å². The van der Waals surface area contributed by atoms with E-state index in [1.165, 1.54) is 24.0 Å². The first kappa shape index (κ1) is 22.5. The highest BCUT2D eigenvalue weighted by molar-refractivity contribution is 6.05. The molecule has 3 heterocycles. The van der Waals surface area contributed by atoms with Gasteiger partial charge in [0.1, 0.15) is 5.82 Å². The largest absolute Gasteiger partial charge is 0.380 e. The van der Waals surface area contributed by atoms with Gasteiger partial charge in [0.25, 0.3) is 11.8 Å². The Labute approximate surface area is 188 Å². The van der Waals surface area contributed by atoms with Crippen molar-refractivity contribution in [1.29, 1.82) is 0 Å². The Morgan fingerprint density at radius 2 is 2.09 bits per heavy atom. The lowest BCUT2D eigenvalue weighted by Gasteiger charge is -2.40. The van der Waals surface area contributed by atoms with E-state index in [1.54, 1.807) is 41.5 Å². The molecule has 0 bridgehead atoms. The van der Waals surface area contributed by atoms with Gasteiger partial charge in [-0.15, -0.1) is 5.10 Å². The molecule has 2 amide bonds. The molecule has 2 aromatic heterocycles. The molecule has 1 aliphatic heterocycles. The van der Waals surface area contributed by atoms with E-state index in [9.17, 15) is 19.1 Å². The number of nitrogens with zero attached hydrogens (tertiary/aromatic N) is 4. The van der Waals surface area contributed by atoms with Crippen molar-refractivity contribution >= 4 is 23.3 Å². The maximum Gasteiger partial charge on any atom is 0.263 e. The second kappa shape index (κ2) is 9.06. The Bertz CT molecular complexity index is 1170. The third kappa shape index (κ3) is 4.33. The number of nitrogens with one attached hydrogen (secondary N) is 1. The molecule has 3 aromatic rings. The third-order valence-electron chi connectivity index (χ3n) is 5.48. The molecule has 10 nitrogen and oxygen atoms in total. The second-order valence-corrected chi connectivity index (χ2v) is 7.64. The van der Waals surface area contributed by atoms with Gasteiger partial charge in [-0.3, -0.25) is 19.5 Å². The van der Waals surface area contributed by atoms with Crippen LogP contribution in [0, 0.1) is 5.82 Å². The van der Waals surface area contributed by atoms with E-state index >= 15 is 0 Å². The standard InChI is InChI=1S/C22H23FN6O4/c1-22(19(30)20(31)26-15-3-2-14(13-24)17(23)12-15)21(32)28(10-11-33-22)18-6-9-29(27-18)16-4-7-25-8-5-16/h2-9,12,19,30H,10-11,13,24H2,1H3,(H,26,31)/t19-,22-/m0/s1. The summed E-state index contributed by atoms with van der Waals surface area (Å²) in [5.41, 5.74) is 4.74. The summed E-state index contributed by atoms with van der Waals surface area (Å²) in [7, 11) is 0. The number of ether oxygens (including phenoxy) is 1. The molecule has 0 saturated carbocycles. The number of nitrogens with two attached hydrogens (primary N) is 1. The Morgan fingerprint density at radius 1 is 1.33 bits per heavy atom. The fourth-order valence-corrected chi connectivity index (χ4v) is 3.54. The Kier molecular flexibility index (Phi) is 6.18. The number of carbonyl (C=O) groups is 2. The van der Waals surface area contributed by atoms with Gasteiger partial charge in [0.15, 0.2) is 17.5 Å². The molecule has 0 aliphatic carbocycles. The topological polar surface area (TPSA) is 136 Å². The van der Waals surface area contributed by atoms with E-state index in [0.29, 0.717) is 5.82 Å². The summed E-state index contributed by atoms with van der Waals surface area (Å²) in [6.45, 7) is 1.62. The van der Waals surface area contributed by atoms with Crippen LogP contribution in [0.4, 0.5) is 15.9 Å². The molecular formula is C22H23FN6O4. The number of amides is 2. The summed E-state index contributed by atoms with van der Waals surface area (Å²) in [6, 6.07) is 9.16. The van der Waals surface area contributed by atoms with Crippen LogP contribution in [0.1, 0.15) is 12.5 Å². The number of pyridine rings is 1. The van der Waals surface area contributed by atoms with Gasteiger partial charge in [0, 0.05) is 42.5 Å². The van der Waals surface area contributed by atoms with Gasteiger partial charge in [-0.1, -0.05) is 6.07 Å². The SMILES string of the molecule is C[C@@]1([C@@H](O)C(=O)Nc2ccc(CN)c(F)c2)OCCN(c2ccn(-c3ccncc3)n2)C1=O. The van der Waals surface area contributed by atoms with Crippen molar-refractivity contribution in [2.45, 2.75) is 25.2 Å². The van der Waals surface area contributed by atoms with Crippen molar-refractivity contribution in [2.75, 3.05) is 23.4 Å². The molecule has 0 radical (unpaired) electrons. The monoisotopic (exact) mass is 454 g/mol. The number of carbonyl (C=O) groups excluding carboxylic acids is 2. The highest BCUT2D eigenvalue weighted by Gasteiger charge is 2.51. The number of aliphatic hydroxyl groups excluding tert-OH is 1. The number of anilines is 2. The fraction of sp³-hybridized carbons (Fsp3) is 0.273. The predicted molar refractivity (Wildman–Crippen MR) is 117 cm³/mol. The number of rotatable bonds is 6. The minimum absolute atomic E-state index is 0.00978. The molecule has 1 fully saturated rings. The van der Waals surface area contributed by atoms with E-state index in [4.69, 9.17) is 10.5 Å². The second-order valence-electron chi connectivity index (χ2n) is 7.64. The molecule has 4 N–H and O–H groups in total. The van der Waals surface area contributed by atoms with Crippen LogP contribution in [0.3, 0.4) is 0 Å². The molecule has 0 unspecified atom stereocenters. The van der Waals surface area contributed by atoms with Crippen molar-refractivity contribution < 1.29 is 23.8 Å². The lowest BCUT2D eigenvalue weighted by molar-refractivity contribution is -0.170. The van der Waals surface area contributed by atoms with Gasteiger partial charge < -0.3 is 20.9 Å². The average Bonchev–Trinajstić information content (AvgIpc) is 3.31. The summed E-state index contributed by atoms with van der Waals surface area (Å²) in [5, 5.41) is 17.6. The maximum absolute atomic E-state index is 14.0. The summed E-state index contributed by atoms with van der Waals surface area (Å²) in [5.74, 6) is -1.77. The molecule has 1 saturated heterocycles. The molecule has 11 heteroatoms. The highest BCUT2D eigenvalue weighted by Crippen LogP contribution is 2.28. The van der Waals surface area contributed by atoms with Crippen molar-refractivity contribution in [3.05, 3.63) is 66.4 Å². The van der Waals surface area contributed by atoms with Crippen LogP contribution in [0.2, 0.25) is 0 Å². The molecule has 1 aliphatic rings. The van der Waals surface area contributed by atoms with Gasteiger partial charge >= 0.3 is 0 Å². The number of aliphatic hydroxyl groups is 1. The highest BCUT2D eigenvalue weighted by atomic mass is 19.1. The van der Waals surface area contributed by atoms with Crippen LogP contribution in [0.15, 0.2) is 55.0 Å². The number of halogens is 1. The van der Waals surface area contributed by atoms with E-state index in [0.717, 1.165) is 11.8 Å². The number of morpholine rings is 1. The molecule has 2 atom stereocenters. The Hall–Kier alpha value is -3.67. The molecule has 0 spiro atoms. The van der Waals surface area contributed by atoms with Crippen LogP contribution in [0.25, 0.3) is 5.69 Å². The first-order chi connectivity index (χ1) is 15.8. The molecular weight excluding hydrogens is 431 g/mol. The molecule has 4 rings (SSSR count). The quantitative estimate of drug-likeness (QED) is 0.505. The van der Waals surface area contributed by atoms with Gasteiger partial charge in [-0.2, -0.15) is 0 Å². The number of benzene rings is 1. The Morgan fingerprint density at radius 3 is 2.79 bits per heavy atom. The van der Waals surface area contributed by atoms with E-state index < -0.39 is 29.3 Å². The third-order valence-corrected chi connectivity index (χ3v) is 5.48. The van der Waals surface area contributed by atoms with Crippen molar-refractivity contribution in [1.82, 2.24) is 14.8 Å². The summed E-state index contributed by atoms with van der Waals surface area (Å²) >= 11 is 0.